The molecular weight excluding hydrogens is 240 g/mol. The Morgan fingerprint density at radius 2 is 2.16 bits per heavy atom. The van der Waals surface area contributed by atoms with Crippen molar-refractivity contribution in [2.75, 3.05) is 0 Å². The third-order valence-corrected chi connectivity index (χ3v) is 3.37. The number of rotatable bonds is 7. The number of aromatic amines is 1. The van der Waals surface area contributed by atoms with Crippen LogP contribution in [0.15, 0.2) is 12.4 Å². The van der Waals surface area contributed by atoms with E-state index < -0.39 is 5.41 Å². The van der Waals surface area contributed by atoms with Crippen molar-refractivity contribution in [3.05, 3.63) is 18.0 Å². The Balaban J connectivity index is 2.80. The molecule has 5 nitrogen and oxygen atoms in total. The minimum Gasteiger partial charge on any atom is -0.348 e. The van der Waals surface area contributed by atoms with Gasteiger partial charge in [0.25, 0.3) is 0 Å². The van der Waals surface area contributed by atoms with Crippen molar-refractivity contribution in [3.8, 4) is 6.07 Å². The molecule has 104 valence electrons. The highest BCUT2D eigenvalue weighted by atomic mass is 16.2. The van der Waals surface area contributed by atoms with Crippen molar-refractivity contribution in [1.29, 1.82) is 5.26 Å². The number of nitrogens with one attached hydrogen (secondary N) is 2. The molecular formula is C14H22N4O. The Kier molecular flexibility index (Phi) is 5.56. The Bertz CT molecular complexity index is 427. The molecule has 19 heavy (non-hydrogen) atoms. The van der Waals surface area contributed by atoms with Crippen molar-refractivity contribution in [3.63, 3.8) is 0 Å². The van der Waals surface area contributed by atoms with Crippen LogP contribution in [0, 0.1) is 16.7 Å². The second-order valence-electron chi connectivity index (χ2n) is 4.92. The maximum Gasteiger partial charge on any atom is 0.240 e. The molecule has 0 aliphatic carbocycles. The van der Waals surface area contributed by atoms with Crippen LogP contribution in [0.1, 0.15) is 58.1 Å². The van der Waals surface area contributed by atoms with Gasteiger partial charge in [-0.05, 0) is 19.8 Å². The van der Waals surface area contributed by atoms with E-state index in [1.807, 2.05) is 20.8 Å². The summed E-state index contributed by atoms with van der Waals surface area (Å²) in [6.45, 7) is 5.88. The predicted molar refractivity (Wildman–Crippen MR) is 73.0 cm³/mol. The molecule has 1 rings (SSSR count). The Hall–Kier alpha value is -1.83. The van der Waals surface area contributed by atoms with Crippen LogP contribution in [0.4, 0.5) is 0 Å². The highest BCUT2D eigenvalue weighted by Gasteiger charge is 2.37. The molecule has 1 heterocycles. The van der Waals surface area contributed by atoms with E-state index in [-0.39, 0.29) is 11.9 Å². The quantitative estimate of drug-likeness (QED) is 0.792. The number of carbonyl (C=O) groups is 1. The van der Waals surface area contributed by atoms with Gasteiger partial charge in [0.15, 0.2) is 0 Å². The topological polar surface area (TPSA) is 81.6 Å². The SMILES string of the molecule is CCCC(C#N)(CCC)C(=O)NC(C)c1cn[nH]c1. The van der Waals surface area contributed by atoms with Crippen LogP contribution in [0.5, 0.6) is 0 Å². The highest BCUT2D eigenvalue weighted by Crippen LogP contribution is 2.30. The molecule has 1 atom stereocenters. The van der Waals surface area contributed by atoms with Gasteiger partial charge in [0.2, 0.25) is 5.91 Å². The van der Waals surface area contributed by atoms with Crippen LogP contribution in [0.2, 0.25) is 0 Å². The number of nitriles is 1. The molecule has 0 radical (unpaired) electrons. The lowest BCUT2D eigenvalue weighted by atomic mass is 9.79. The zero-order valence-corrected chi connectivity index (χ0v) is 11.9. The first-order chi connectivity index (χ1) is 9.09. The summed E-state index contributed by atoms with van der Waals surface area (Å²) in [5.41, 5.74) is 0.00906. The summed E-state index contributed by atoms with van der Waals surface area (Å²) < 4.78 is 0. The number of nitrogens with zero attached hydrogens (tertiary/aromatic N) is 2. The van der Waals surface area contributed by atoms with Gasteiger partial charge < -0.3 is 5.32 Å². The summed E-state index contributed by atoms with van der Waals surface area (Å²) in [6, 6.07) is 2.09. The predicted octanol–water partition coefficient (Wildman–Crippen LogP) is 2.70. The summed E-state index contributed by atoms with van der Waals surface area (Å²) in [5, 5.41) is 18.9. The number of hydrogen-bond acceptors (Lipinski definition) is 3. The summed E-state index contributed by atoms with van der Waals surface area (Å²) in [4.78, 5) is 12.4. The van der Waals surface area contributed by atoms with E-state index in [2.05, 4.69) is 21.6 Å². The molecule has 0 fully saturated rings. The van der Waals surface area contributed by atoms with Gasteiger partial charge in [-0.3, -0.25) is 9.89 Å². The van der Waals surface area contributed by atoms with Gasteiger partial charge in [-0.15, -0.1) is 0 Å². The molecule has 1 aromatic heterocycles. The molecule has 0 aromatic carbocycles. The normalized spacial score (nSPS) is 12.7. The van der Waals surface area contributed by atoms with Crippen LogP contribution in [0.3, 0.4) is 0 Å². The monoisotopic (exact) mass is 262 g/mol. The van der Waals surface area contributed by atoms with Crippen LogP contribution in [0.25, 0.3) is 0 Å². The fraction of sp³-hybridized carbons (Fsp3) is 0.643. The second kappa shape index (κ2) is 6.93. The van der Waals surface area contributed by atoms with Crippen molar-refractivity contribution in [2.24, 2.45) is 5.41 Å². The van der Waals surface area contributed by atoms with Crippen molar-refractivity contribution >= 4 is 5.91 Å². The van der Waals surface area contributed by atoms with Gasteiger partial charge in [-0.25, -0.2) is 0 Å². The zero-order valence-electron chi connectivity index (χ0n) is 11.9. The fourth-order valence-corrected chi connectivity index (χ4v) is 2.28. The van der Waals surface area contributed by atoms with Crippen molar-refractivity contribution in [2.45, 2.75) is 52.5 Å². The van der Waals surface area contributed by atoms with Crippen molar-refractivity contribution < 1.29 is 4.79 Å². The number of amides is 1. The first-order valence-corrected chi connectivity index (χ1v) is 6.80. The Morgan fingerprint density at radius 1 is 1.53 bits per heavy atom. The smallest absolute Gasteiger partial charge is 0.240 e. The molecule has 1 amide bonds. The van der Waals surface area contributed by atoms with Gasteiger partial charge in [-0.2, -0.15) is 10.4 Å². The van der Waals surface area contributed by atoms with Crippen molar-refractivity contribution in [1.82, 2.24) is 15.5 Å². The van der Waals surface area contributed by atoms with Gasteiger partial charge >= 0.3 is 0 Å². The highest BCUT2D eigenvalue weighted by molar-refractivity contribution is 5.85. The van der Waals surface area contributed by atoms with Gasteiger partial charge in [-0.1, -0.05) is 26.7 Å². The summed E-state index contributed by atoms with van der Waals surface area (Å²) in [6.07, 6.45) is 6.27. The van der Waals surface area contributed by atoms with E-state index in [1.165, 1.54) is 0 Å². The molecule has 0 saturated heterocycles. The number of carbonyl (C=O) groups excluding carboxylic acids is 1. The standard InChI is InChI=1S/C14H22N4O/c1-4-6-14(10-15,7-5-2)13(19)18-11(3)12-8-16-17-9-12/h8-9,11H,4-7H2,1-3H3,(H,16,17)(H,18,19). The third kappa shape index (κ3) is 3.57. The lowest BCUT2D eigenvalue weighted by Crippen LogP contribution is -2.41. The van der Waals surface area contributed by atoms with Crippen LogP contribution in [-0.2, 0) is 4.79 Å². The van der Waals surface area contributed by atoms with E-state index in [4.69, 9.17) is 0 Å². The first-order valence-electron chi connectivity index (χ1n) is 6.80. The van der Waals surface area contributed by atoms with Gasteiger partial charge in [0.1, 0.15) is 5.41 Å². The molecule has 0 spiro atoms. The average Bonchev–Trinajstić information content (AvgIpc) is 2.92. The molecule has 0 saturated carbocycles. The third-order valence-electron chi connectivity index (χ3n) is 3.37. The van der Waals surface area contributed by atoms with Crippen LogP contribution < -0.4 is 5.32 Å². The Labute approximate surface area is 114 Å². The molecule has 2 N–H and O–H groups in total. The minimum atomic E-state index is -0.901. The first kappa shape index (κ1) is 15.2. The summed E-state index contributed by atoms with van der Waals surface area (Å²) in [5.74, 6) is -0.174. The summed E-state index contributed by atoms with van der Waals surface area (Å²) in [7, 11) is 0. The zero-order chi connectivity index (χ0) is 14.3. The largest absolute Gasteiger partial charge is 0.348 e. The molecule has 0 aliphatic rings. The van der Waals surface area contributed by atoms with E-state index in [0.29, 0.717) is 12.8 Å². The van der Waals surface area contributed by atoms with E-state index >= 15 is 0 Å². The molecule has 1 unspecified atom stereocenters. The molecule has 5 heteroatoms. The lowest BCUT2D eigenvalue weighted by molar-refractivity contribution is -0.129. The van der Waals surface area contributed by atoms with Gasteiger partial charge in [0, 0.05) is 11.8 Å². The number of hydrogen-bond donors (Lipinski definition) is 2. The number of aromatic nitrogens is 2. The minimum absolute atomic E-state index is 0.146. The van der Waals surface area contributed by atoms with Crippen LogP contribution >= 0.6 is 0 Å². The fourth-order valence-electron chi connectivity index (χ4n) is 2.28. The maximum atomic E-state index is 12.4. The average molecular weight is 262 g/mol. The molecule has 0 bridgehead atoms. The maximum absolute atomic E-state index is 12.4. The lowest BCUT2D eigenvalue weighted by Gasteiger charge is -2.26. The summed E-state index contributed by atoms with van der Waals surface area (Å²) >= 11 is 0. The van der Waals surface area contributed by atoms with Gasteiger partial charge in [0.05, 0.1) is 18.3 Å². The Morgan fingerprint density at radius 3 is 2.58 bits per heavy atom. The number of H-pyrrole nitrogens is 1. The molecule has 1 aromatic rings. The van der Waals surface area contributed by atoms with E-state index in [9.17, 15) is 10.1 Å². The van der Waals surface area contributed by atoms with E-state index in [1.54, 1.807) is 12.4 Å². The molecule has 0 aliphatic heterocycles. The van der Waals surface area contributed by atoms with E-state index in [0.717, 1.165) is 18.4 Å². The van der Waals surface area contributed by atoms with Crippen LogP contribution in [-0.4, -0.2) is 16.1 Å². The second-order valence-corrected chi connectivity index (χ2v) is 4.92.